The molecule has 1 fully saturated rings. The molecule has 0 bridgehead atoms. The summed E-state index contributed by atoms with van der Waals surface area (Å²) >= 11 is 3.64. The first-order chi connectivity index (χ1) is 9.83. The highest BCUT2D eigenvalue weighted by Gasteiger charge is 2.27. The van der Waals surface area contributed by atoms with Crippen molar-refractivity contribution in [2.45, 2.75) is 18.9 Å². The van der Waals surface area contributed by atoms with Gasteiger partial charge in [-0.3, -0.25) is 0 Å². The van der Waals surface area contributed by atoms with Crippen LogP contribution in [0.2, 0.25) is 0 Å². The Morgan fingerprint density at radius 1 is 1.15 bits per heavy atom. The lowest BCUT2D eigenvalue weighted by molar-refractivity contribution is 0.764. The molecule has 4 rings (SSSR count). The smallest absolute Gasteiger partial charge is 0.146 e. The van der Waals surface area contributed by atoms with Crippen molar-refractivity contribution in [3.63, 3.8) is 0 Å². The van der Waals surface area contributed by atoms with Crippen LogP contribution in [0, 0.1) is 0 Å². The number of halogens is 1. The van der Waals surface area contributed by atoms with Gasteiger partial charge in [-0.1, -0.05) is 18.2 Å². The van der Waals surface area contributed by atoms with Crippen LogP contribution < -0.4 is 5.32 Å². The monoisotopic (exact) mass is 328 g/mol. The van der Waals surface area contributed by atoms with Crippen molar-refractivity contribution in [3.8, 4) is 0 Å². The van der Waals surface area contributed by atoms with Gasteiger partial charge in [0.15, 0.2) is 0 Å². The van der Waals surface area contributed by atoms with E-state index in [1.807, 2.05) is 30.3 Å². The zero-order valence-electron chi connectivity index (χ0n) is 10.8. The Morgan fingerprint density at radius 3 is 2.70 bits per heavy atom. The van der Waals surface area contributed by atoms with Gasteiger partial charge in [-0.2, -0.15) is 0 Å². The summed E-state index contributed by atoms with van der Waals surface area (Å²) < 4.78 is 3.29. The van der Waals surface area contributed by atoms with Crippen LogP contribution in [0.1, 0.15) is 18.9 Å². The van der Waals surface area contributed by atoms with Crippen molar-refractivity contribution in [2.24, 2.45) is 0 Å². The lowest BCUT2D eigenvalue weighted by Gasteiger charge is -2.07. The largest absolute Gasteiger partial charge is 0.340 e. The maximum atomic E-state index is 4.45. The number of nitrogens with zero attached hydrogens (tertiary/aromatic N) is 3. The number of anilines is 2. The molecule has 1 N–H and O–H groups in total. The lowest BCUT2D eigenvalue weighted by atomic mass is 10.3. The molecule has 0 aliphatic heterocycles. The summed E-state index contributed by atoms with van der Waals surface area (Å²) in [6.45, 7) is 0. The highest BCUT2D eigenvalue weighted by Crippen LogP contribution is 2.41. The van der Waals surface area contributed by atoms with E-state index in [0.717, 1.165) is 27.0 Å². The van der Waals surface area contributed by atoms with Gasteiger partial charge in [-0.25, -0.2) is 9.97 Å². The van der Waals surface area contributed by atoms with Gasteiger partial charge in [0.05, 0.1) is 5.39 Å². The van der Waals surface area contributed by atoms with Gasteiger partial charge < -0.3 is 9.88 Å². The number of rotatable bonds is 3. The fourth-order valence-electron chi connectivity index (χ4n) is 2.42. The quantitative estimate of drug-likeness (QED) is 0.780. The second-order valence-electron chi connectivity index (χ2n) is 5.03. The second kappa shape index (κ2) is 4.59. The maximum Gasteiger partial charge on any atom is 0.146 e. The second-order valence-corrected chi connectivity index (χ2v) is 5.88. The van der Waals surface area contributed by atoms with Gasteiger partial charge in [0.2, 0.25) is 0 Å². The summed E-state index contributed by atoms with van der Waals surface area (Å²) in [4.78, 5) is 8.84. The minimum atomic E-state index is 0.600. The molecule has 0 saturated heterocycles. The summed E-state index contributed by atoms with van der Waals surface area (Å²) in [6.07, 6.45) is 6.22. The molecule has 5 heteroatoms. The van der Waals surface area contributed by atoms with E-state index in [1.54, 1.807) is 6.33 Å². The molecule has 1 aliphatic rings. The summed E-state index contributed by atoms with van der Waals surface area (Å²) in [5.74, 6) is 0.840. The average Bonchev–Trinajstić information content (AvgIpc) is 3.25. The highest BCUT2D eigenvalue weighted by molar-refractivity contribution is 9.10. The van der Waals surface area contributed by atoms with Gasteiger partial charge in [-0.05, 0) is 40.9 Å². The fourth-order valence-corrected chi connectivity index (χ4v) is 3.01. The number of nitrogens with one attached hydrogen (secondary N) is 1. The minimum absolute atomic E-state index is 0.600. The van der Waals surface area contributed by atoms with Crippen molar-refractivity contribution >= 4 is 38.5 Å². The molecule has 2 heterocycles. The first-order valence-corrected chi connectivity index (χ1v) is 7.45. The Hall–Kier alpha value is -1.88. The van der Waals surface area contributed by atoms with E-state index in [4.69, 9.17) is 0 Å². The van der Waals surface area contributed by atoms with E-state index in [9.17, 15) is 0 Å². The summed E-state index contributed by atoms with van der Waals surface area (Å²) in [5, 5.41) is 4.41. The standard InChI is InChI=1S/C15H13BrN4/c16-12-8-20(11-6-7-11)15-13(12)14(17-9-18-15)19-10-4-2-1-3-5-10/h1-5,8-9,11H,6-7H2,(H,17,18,19). The molecule has 4 nitrogen and oxygen atoms in total. The summed E-state index contributed by atoms with van der Waals surface area (Å²) in [6, 6.07) is 10.7. The van der Waals surface area contributed by atoms with Crippen molar-refractivity contribution in [1.29, 1.82) is 0 Å². The number of benzene rings is 1. The van der Waals surface area contributed by atoms with Crippen LogP contribution >= 0.6 is 15.9 Å². The number of para-hydroxylation sites is 1. The topological polar surface area (TPSA) is 42.7 Å². The van der Waals surface area contributed by atoms with Crippen LogP contribution in [0.3, 0.4) is 0 Å². The normalized spacial score (nSPS) is 14.7. The number of fused-ring (bicyclic) bond motifs is 1. The van der Waals surface area contributed by atoms with Crippen LogP contribution in [0.15, 0.2) is 47.3 Å². The molecule has 0 radical (unpaired) electrons. The van der Waals surface area contributed by atoms with Crippen LogP contribution in [0.4, 0.5) is 11.5 Å². The Bertz CT molecular complexity index is 762. The predicted molar refractivity (Wildman–Crippen MR) is 83.2 cm³/mol. The molecule has 20 heavy (non-hydrogen) atoms. The van der Waals surface area contributed by atoms with E-state index in [0.29, 0.717) is 6.04 Å². The third kappa shape index (κ3) is 1.98. The summed E-state index contributed by atoms with van der Waals surface area (Å²) in [7, 11) is 0. The van der Waals surface area contributed by atoms with Gasteiger partial charge in [0.25, 0.3) is 0 Å². The van der Waals surface area contributed by atoms with E-state index >= 15 is 0 Å². The van der Waals surface area contributed by atoms with Crippen molar-refractivity contribution in [2.75, 3.05) is 5.32 Å². The Morgan fingerprint density at radius 2 is 1.95 bits per heavy atom. The zero-order chi connectivity index (χ0) is 13.5. The van der Waals surface area contributed by atoms with Gasteiger partial charge in [0, 0.05) is 22.4 Å². The average molecular weight is 329 g/mol. The van der Waals surface area contributed by atoms with E-state index in [-0.39, 0.29) is 0 Å². The fraction of sp³-hybridized carbons (Fsp3) is 0.200. The maximum absolute atomic E-state index is 4.45. The molecular weight excluding hydrogens is 316 g/mol. The van der Waals surface area contributed by atoms with Gasteiger partial charge in [0.1, 0.15) is 17.8 Å². The Balaban J connectivity index is 1.83. The van der Waals surface area contributed by atoms with Crippen molar-refractivity contribution < 1.29 is 0 Å². The molecule has 1 aliphatic carbocycles. The molecule has 2 aromatic heterocycles. The van der Waals surface area contributed by atoms with Crippen LogP contribution in [-0.2, 0) is 0 Å². The number of hydrogen-bond donors (Lipinski definition) is 1. The molecule has 0 amide bonds. The molecule has 100 valence electrons. The molecule has 0 atom stereocenters. The van der Waals surface area contributed by atoms with Crippen LogP contribution in [0.5, 0.6) is 0 Å². The number of hydrogen-bond acceptors (Lipinski definition) is 3. The zero-order valence-corrected chi connectivity index (χ0v) is 12.3. The molecule has 1 saturated carbocycles. The minimum Gasteiger partial charge on any atom is -0.340 e. The Labute approximate surface area is 125 Å². The first kappa shape index (κ1) is 11.9. The van der Waals surface area contributed by atoms with Crippen molar-refractivity contribution in [1.82, 2.24) is 14.5 Å². The molecular formula is C15H13BrN4. The van der Waals surface area contributed by atoms with Gasteiger partial charge in [-0.15, -0.1) is 0 Å². The molecule has 0 unspecified atom stereocenters. The van der Waals surface area contributed by atoms with Crippen LogP contribution in [-0.4, -0.2) is 14.5 Å². The van der Waals surface area contributed by atoms with Crippen molar-refractivity contribution in [3.05, 3.63) is 47.3 Å². The number of aromatic nitrogens is 3. The SMILES string of the molecule is Brc1cn(C2CC2)c2ncnc(Nc3ccccc3)c12. The third-order valence-electron chi connectivity index (χ3n) is 3.54. The van der Waals surface area contributed by atoms with E-state index in [2.05, 4.69) is 42.0 Å². The first-order valence-electron chi connectivity index (χ1n) is 6.66. The van der Waals surface area contributed by atoms with E-state index in [1.165, 1.54) is 12.8 Å². The molecule has 0 spiro atoms. The van der Waals surface area contributed by atoms with E-state index < -0.39 is 0 Å². The third-order valence-corrected chi connectivity index (χ3v) is 4.14. The van der Waals surface area contributed by atoms with Crippen LogP contribution in [0.25, 0.3) is 11.0 Å². The lowest BCUT2D eigenvalue weighted by Crippen LogP contribution is -1.97. The predicted octanol–water partition coefficient (Wildman–Crippen LogP) is 4.27. The summed E-state index contributed by atoms with van der Waals surface area (Å²) in [5.41, 5.74) is 2.02. The Kier molecular flexibility index (Phi) is 2.73. The molecule has 1 aromatic carbocycles. The highest BCUT2D eigenvalue weighted by atomic mass is 79.9. The van der Waals surface area contributed by atoms with Gasteiger partial charge >= 0.3 is 0 Å². The molecule has 3 aromatic rings.